The van der Waals surface area contributed by atoms with E-state index in [4.69, 9.17) is 11.6 Å². The monoisotopic (exact) mass is 299 g/mol. The molecule has 110 valence electrons. The number of hydrogen-bond donors (Lipinski definition) is 1. The molecule has 1 aromatic rings. The van der Waals surface area contributed by atoms with Gasteiger partial charge in [-0.1, -0.05) is 17.7 Å². The van der Waals surface area contributed by atoms with Crippen molar-refractivity contribution in [3.63, 3.8) is 0 Å². The van der Waals surface area contributed by atoms with Crippen molar-refractivity contribution >= 4 is 23.0 Å². The van der Waals surface area contributed by atoms with Crippen molar-refractivity contribution in [1.29, 1.82) is 0 Å². The molecule has 1 N–H and O–H groups in total. The first-order valence-corrected chi connectivity index (χ1v) is 6.80. The summed E-state index contributed by atoms with van der Waals surface area (Å²) in [4.78, 5) is 14.6. The van der Waals surface area contributed by atoms with Gasteiger partial charge in [0.2, 0.25) is 0 Å². The molecule has 7 heteroatoms. The summed E-state index contributed by atoms with van der Waals surface area (Å²) in [5, 5.41) is 21.4. The van der Waals surface area contributed by atoms with Gasteiger partial charge in [-0.25, -0.2) is 0 Å². The van der Waals surface area contributed by atoms with Crippen LogP contribution in [0.1, 0.15) is 6.42 Å². The third kappa shape index (κ3) is 3.03. The van der Waals surface area contributed by atoms with E-state index in [1.807, 2.05) is 23.9 Å². The Labute approximate surface area is 122 Å². The van der Waals surface area contributed by atoms with E-state index in [9.17, 15) is 15.2 Å². The first-order valence-electron chi connectivity index (χ1n) is 6.42. The number of nitro groups is 1. The zero-order valence-corrected chi connectivity index (χ0v) is 12.2. The van der Waals surface area contributed by atoms with Gasteiger partial charge >= 0.3 is 0 Å². The van der Waals surface area contributed by atoms with E-state index in [-0.39, 0.29) is 11.7 Å². The molecule has 6 nitrogen and oxygen atoms in total. The highest BCUT2D eigenvalue weighted by atomic mass is 35.5. The second-order valence-corrected chi connectivity index (χ2v) is 5.73. The van der Waals surface area contributed by atoms with Crippen LogP contribution in [-0.2, 0) is 0 Å². The highest BCUT2D eigenvalue weighted by Crippen LogP contribution is 2.39. The summed E-state index contributed by atoms with van der Waals surface area (Å²) in [6.45, 7) is 1.07. The summed E-state index contributed by atoms with van der Waals surface area (Å²) in [6, 6.07) is 4.66. The fourth-order valence-electron chi connectivity index (χ4n) is 2.70. The van der Waals surface area contributed by atoms with Gasteiger partial charge in [0.1, 0.15) is 5.69 Å². The van der Waals surface area contributed by atoms with Crippen LogP contribution in [0.25, 0.3) is 0 Å². The molecule has 2 atom stereocenters. The summed E-state index contributed by atoms with van der Waals surface area (Å²) in [5.41, 5.74) is 0.387. The number of anilines is 1. The lowest BCUT2D eigenvalue weighted by Crippen LogP contribution is -2.38. The predicted octanol–water partition coefficient (Wildman–Crippen LogP) is 1.75. The second-order valence-electron chi connectivity index (χ2n) is 5.32. The molecule has 0 aromatic heterocycles. The van der Waals surface area contributed by atoms with Crippen LogP contribution in [0.2, 0.25) is 5.02 Å². The van der Waals surface area contributed by atoms with Gasteiger partial charge in [0.25, 0.3) is 5.69 Å². The van der Waals surface area contributed by atoms with Crippen molar-refractivity contribution in [2.75, 3.05) is 32.1 Å². The molecular weight excluding hydrogens is 282 g/mol. The molecule has 0 radical (unpaired) electrons. The van der Waals surface area contributed by atoms with Crippen LogP contribution in [-0.4, -0.2) is 54.3 Å². The second kappa shape index (κ2) is 5.95. The van der Waals surface area contributed by atoms with Gasteiger partial charge < -0.3 is 14.9 Å². The number of rotatable bonds is 4. The quantitative estimate of drug-likeness (QED) is 0.677. The third-order valence-electron chi connectivity index (χ3n) is 3.42. The van der Waals surface area contributed by atoms with Gasteiger partial charge in [-0.05, 0) is 26.6 Å². The average Bonchev–Trinajstić information content (AvgIpc) is 2.68. The van der Waals surface area contributed by atoms with Crippen molar-refractivity contribution in [3.05, 3.63) is 33.3 Å². The van der Waals surface area contributed by atoms with Crippen LogP contribution >= 0.6 is 11.6 Å². The Morgan fingerprint density at radius 3 is 2.85 bits per heavy atom. The van der Waals surface area contributed by atoms with Gasteiger partial charge in [0.15, 0.2) is 0 Å². The maximum absolute atomic E-state index is 11.2. The Kier molecular flexibility index (Phi) is 4.47. The van der Waals surface area contributed by atoms with E-state index in [0.717, 1.165) is 0 Å². The number of halogens is 1. The third-order valence-corrected chi connectivity index (χ3v) is 3.72. The number of β-amino-alcohol motifs (C(OH)–C–C–N with tert-alkyl or cyclic N) is 1. The topological polar surface area (TPSA) is 69.8 Å². The fourth-order valence-corrected chi connectivity index (χ4v) is 2.97. The van der Waals surface area contributed by atoms with Crippen molar-refractivity contribution in [2.45, 2.75) is 18.6 Å². The molecule has 0 spiro atoms. The summed E-state index contributed by atoms with van der Waals surface area (Å²) in [6.07, 6.45) is 0.0939. The van der Waals surface area contributed by atoms with E-state index in [1.54, 1.807) is 12.1 Å². The first-order chi connectivity index (χ1) is 9.40. The van der Waals surface area contributed by atoms with Gasteiger partial charge in [0, 0.05) is 25.2 Å². The summed E-state index contributed by atoms with van der Waals surface area (Å²) >= 11 is 6.16. The number of likely N-dealkylation sites (N-methyl/N-ethyl adjacent to an activating group) is 1. The Bertz CT molecular complexity index is 510. The smallest absolute Gasteiger partial charge is 0.294 e. The number of nitrogens with zero attached hydrogens (tertiary/aromatic N) is 3. The minimum atomic E-state index is -0.490. The SMILES string of the molecule is CN(C)CC1CC(O)CN1c1c(Cl)cccc1[N+](=O)[O-]. The molecule has 20 heavy (non-hydrogen) atoms. The Hall–Kier alpha value is -1.37. The molecule has 1 aliphatic rings. The molecule has 1 aromatic carbocycles. The minimum Gasteiger partial charge on any atom is -0.391 e. The predicted molar refractivity (Wildman–Crippen MR) is 78.4 cm³/mol. The number of aliphatic hydroxyl groups is 1. The number of para-hydroxylation sites is 1. The van der Waals surface area contributed by atoms with Crippen LogP contribution in [0, 0.1) is 10.1 Å². The summed E-state index contributed by atoms with van der Waals surface area (Å²) in [5.74, 6) is 0. The summed E-state index contributed by atoms with van der Waals surface area (Å²) in [7, 11) is 3.87. The Morgan fingerprint density at radius 2 is 2.25 bits per heavy atom. The highest BCUT2D eigenvalue weighted by molar-refractivity contribution is 6.33. The van der Waals surface area contributed by atoms with Gasteiger partial charge in [0.05, 0.1) is 16.0 Å². The molecule has 1 saturated heterocycles. The first kappa shape index (κ1) is 15.0. The van der Waals surface area contributed by atoms with Gasteiger partial charge in [-0.3, -0.25) is 10.1 Å². The standard InChI is InChI=1S/C13H18ClN3O3/c1-15(2)7-9-6-10(18)8-16(9)13-11(14)4-3-5-12(13)17(19)20/h3-5,9-10,18H,6-8H2,1-2H3. The number of nitro benzene ring substituents is 1. The Balaban J connectivity index is 2.41. The molecule has 1 heterocycles. The van der Waals surface area contributed by atoms with Crippen LogP contribution in [0.4, 0.5) is 11.4 Å². The maximum Gasteiger partial charge on any atom is 0.294 e. The average molecular weight is 300 g/mol. The minimum absolute atomic E-state index is 0.0126. The van der Waals surface area contributed by atoms with Gasteiger partial charge in [-0.2, -0.15) is 0 Å². The maximum atomic E-state index is 11.2. The van der Waals surface area contributed by atoms with E-state index in [0.29, 0.717) is 30.2 Å². The van der Waals surface area contributed by atoms with Crippen molar-refractivity contribution in [1.82, 2.24) is 4.90 Å². The van der Waals surface area contributed by atoms with Gasteiger partial charge in [-0.15, -0.1) is 0 Å². The molecule has 1 fully saturated rings. The van der Waals surface area contributed by atoms with Crippen molar-refractivity contribution in [2.24, 2.45) is 0 Å². The van der Waals surface area contributed by atoms with E-state index in [2.05, 4.69) is 0 Å². The van der Waals surface area contributed by atoms with Crippen molar-refractivity contribution in [3.8, 4) is 0 Å². The lowest BCUT2D eigenvalue weighted by atomic mass is 10.1. The molecule has 2 unspecified atom stereocenters. The molecule has 0 saturated carbocycles. The van der Waals surface area contributed by atoms with Crippen LogP contribution in [0.3, 0.4) is 0 Å². The molecule has 2 rings (SSSR count). The Morgan fingerprint density at radius 1 is 1.55 bits per heavy atom. The lowest BCUT2D eigenvalue weighted by Gasteiger charge is -2.28. The lowest BCUT2D eigenvalue weighted by molar-refractivity contribution is -0.384. The molecule has 0 aliphatic carbocycles. The summed E-state index contributed by atoms with van der Waals surface area (Å²) < 4.78 is 0. The molecule has 0 amide bonds. The van der Waals surface area contributed by atoms with Crippen LogP contribution in [0.5, 0.6) is 0 Å². The zero-order valence-electron chi connectivity index (χ0n) is 11.5. The van der Waals surface area contributed by atoms with Crippen molar-refractivity contribution < 1.29 is 10.0 Å². The zero-order chi connectivity index (χ0) is 14.9. The number of benzene rings is 1. The van der Waals surface area contributed by atoms with E-state index in [1.165, 1.54) is 6.07 Å². The van der Waals surface area contributed by atoms with Crippen LogP contribution in [0.15, 0.2) is 18.2 Å². The van der Waals surface area contributed by atoms with E-state index >= 15 is 0 Å². The number of aliphatic hydroxyl groups excluding tert-OH is 1. The van der Waals surface area contributed by atoms with Crippen LogP contribution < -0.4 is 4.90 Å². The fraction of sp³-hybridized carbons (Fsp3) is 0.538. The van der Waals surface area contributed by atoms with E-state index < -0.39 is 11.0 Å². The largest absolute Gasteiger partial charge is 0.391 e. The molecular formula is C13H18ClN3O3. The number of hydrogen-bond acceptors (Lipinski definition) is 5. The normalized spacial score (nSPS) is 22.6. The molecule has 1 aliphatic heterocycles. The highest BCUT2D eigenvalue weighted by Gasteiger charge is 2.36. The molecule has 0 bridgehead atoms.